The Hall–Kier alpha value is -2.88. The highest BCUT2D eigenvalue weighted by atomic mass is 79.9. The molecule has 2 amide bonds. The molecule has 0 saturated heterocycles. The largest absolute Gasteiger partial charge is 0.354 e. The summed E-state index contributed by atoms with van der Waals surface area (Å²) < 4.78 is 27.8. The van der Waals surface area contributed by atoms with Crippen LogP contribution in [0.3, 0.4) is 0 Å². The fourth-order valence-electron chi connectivity index (χ4n) is 4.25. The normalized spacial score (nSPS) is 12.2. The number of nitrogens with one attached hydrogen (secondary N) is 1. The highest BCUT2D eigenvalue weighted by Crippen LogP contribution is 2.27. The number of carbonyl (C=O) groups excluding carboxylic acids is 2. The monoisotopic (exact) mass is 647 g/mol. The van der Waals surface area contributed by atoms with E-state index < -0.39 is 28.5 Å². The number of sulfonamides is 1. The lowest BCUT2D eigenvalue weighted by Gasteiger charge is -2.34. The van der Waals surface area contributed by atoms with E-state index in [0.717, 1.165) is 26.2 Å². The van der Waals surface area contributed by atoms with E-state index in [1.165, 1.54) is 11.0 Å². The van der Waals surface area contributed by atoms with Crippen LogP contribution in [0.15, 0.2) is 77.3 Å². The van der Waals surface area contributed by atoms with Crippen LogP contribution in [-0.2, 0) is 32.6 Å². The fraction of sp³-hybridized carbons (Fsp3) is 0.333. The zero-order valence-electron chi connectivity index (χ0n) is 23.1. The first-order chi connectivity index (χ1) is 18.8. The number of hydrogen-bond acceptors (Lipinski definition) is 4. The molecular weight excluding hydrogens is 614 g/mol. The molecule has 1 unspecified atom stereocenters. The number of anilines is 1. The van der Waals surface area contributed by atoms with E-state index in [4.69, 9.17) is 11.6 Å². The first-order valence-electron chi connectivity index (χ1n) is 12.9. The van der Waals surface area contributed by atoms with Gasteiger partial charge in [-0.3, -0.25) is 13.9 Å². The van der Waals surface area contributed by atoms with Crippen molar-refractivity contribution in [2.24, 2.45) is 5.92 Å². The van der Waals surface area contributed by atoms with Gasteiger partial charge in [0, 0.05) is 29.0 Å². The molecule has 1 N–H and O–H groups in total. The third-order valence-corrected chi connectivity index (χ3v) is 8.17. The Morgan fingerprint density at radius 1 is 0.975 bits per heavy atom. The van der Waals surface area contributed by atoms with Crippen molar-refractivity contribution < 1.29 is 18.0 Å². The van der Waals surface area contributed by atoms with E-state index in [1.807, 2.05) is 68.4 Å². The number of halogens is 2. The Balaban J connectivity index is 2.07. The quantitative estimate of drug-likeness (QED) is 0.278. The maximum atomic E-state index is 14.1. The Labute approximate surface area is 250 Å². The fourth-order valence-corrected chi connectivity index (χ4v) is 5.77. The minimum atomic E-state index is -3.87. The van der Waals surface area contributed by atoms with Gasteiger partial charge in [-0.15, -0.1) is 0 Å². The summed E-state index contributed by atoms with van der Waals surface area (Å²) in [6, 6.07) is 20.9. The van der Waals surface area contributed by atoms with Gasteiger partial charge in [-0.25, -0.2) is 8.42 Å². The Kier molecular flexibility index (Phi) is 11.2. The van der Waals surface area contributed by atoms with Crippen LogP contribution in [-0.4, -0.2) is 50.5 Å². The van der Waals surface area contributed by atoms with Crippen LogP contribution in [0, 0.1) is 12.8 Å². The van der Waals surface area contributed by atoms with Gasteiger partial charge in [0.2, 0.25) is 21.8 Å². The van der Waals surface area contributed by atoms with Gasteiger partial charge in [0.05, 0.1) is 11.9 Å². The topological polar surface area (TPSA) is 86.8 Å². The zero-order valence-corrected chi connectivity index (χ0v) is 26.3. The average molecular weight is 649 g/mol. The molecule has 0 aliphatic heterocycles. The van der Waals surface area contributed by atoms with Crippen LogP contribution >= 0.6 is 27.5 Å². The van der Waals surface area contributed by atoms with Crippen molar-refractivity contribution in [3.8, 4) is 0 Å². The van der Waals surface area contributed by atoms with Gasteiger partial charge in [0.25, 0.3) is 0 Å². The van der Waals surface area contributed by atoms with Crippen LogP contribution in [0.25, 0.3) is 0 Å². The molecule has 0 fully saturated rings. The van der Waals surface area contributed by atoms with Crippen LogP contribution in [0.5, 0.6) is 0 Å². The molecule has 7 nitrogen and oxygen atoms in total. The lowest BCUT2D eigenvalue weighted by molar-refractivity contribution is -0.140. The molecule has 3 aromatic carbocycles. The molecule has 1 atom stereocenters. The van der Waals surface area contributed by atoms with Crippen molar-refractivity contribution in [1.29, 1.82) is 0 Å². The third-order valence-electron chi connectivity index (χ3n) is 6.32. The lowest BCUT2D eigenvalue weighted by atomic mass is 10.0. The van der Waals surface area contributed by atoms with E-state index in [0.29, 0.717) is 22.8 Å². The molecule has 3 aromatic rings. The second-order valence-corrected chi connectivity index (χ2v) is 13.5. The van der Waals surface area contributed by atoms with Gasteiger partial charge < -0.3 is 10.2 Å². The molecule has 0 radical (unpaired) electrons. The number of aryl methyl sites for hydroxylation is 1. The lowest BCUT2D eigenvalue weighted by Crippen LogP contribution is -2.53. The van der Waals surface area contributed by atoms with Gasteiger partial charge in [-0.2, -0.15) is 0 Å². The smallest absolute Gasteiger partial charge is 0.244 e. The van der Waals surface area contributed by atoms with Gasteiger partial charge in [-0.05, 0) is 53.8 Å². The first kappa shape index (κ1) is 31.6. The summed E-state index contributed by atoms with van der Waals surface area (Å²) >= 11 is 9.68. The predicted molar refractivity (Wildman–Crippen MR) is 165 cm³/mol. The minimum absolute atomic E-state index is 0.108. The van der Waals surface area contributed by atoms with E-state index in [2.05, 4.69) is 21.2 Å². The Morgan fingerprint density at radius 2 is 1.65 bits per heavy atom. The molecule has 0 bridgehead atoms. The number of hydrogen-bond donors (Lipinski definition) is 1. The summed E-state index contributed by atoms with van der Waals surface area (Å²) in [5.74, 6) is -0.599. The summed E-state index contributed by atoms with van der Waals surface area (Å²) in [4.78, 5) is 29.2. The van der Waals surface area contributed by atoms with Gasteiger partial charge in [-0.1, -0.05) is 89.9 Å². The Bertz CT molecular complexity index is 1430. The molecular formula is C30H35BrClN3O4S. The van der Waals surface area contributed by atoms with Crippen molar-refractivity contribution in [1.82, 2.24) is 10.2 Å². The number of amides is 2. The zero-order chi connectivity index (χ0) is 29.4. The molecule has 40 heavy (non-hydrogen) atoms. The van der Waals surface area contributed by atoms with Crippen molar-refractivity contribution in [2.75, 3.05) is 23.7 Å². The van der Waals surface area contributed by atoms with E-state index in [9.17, 15) is 18.0 Å². The molecule has 0 aromatic heterocycles. The van der Waals surface area contributed by atoms with Crippen LogP contribution in [0.4, 0.5) is 5.69 Å². The molecule has 0 aliphatic carbocycles. The number of carbonyl (C=O) groups is 2. The summed E-state index contributed by atoms with van der Waals surface area (Å²) in [6.45, 7) is 5.81. The molecule has 0 spiro atoms. The molecule has 0 saturated carbocycles. The predicted octanol–water partition coefficient (Wildman–Crippen LogP) is 5.59. The van der Waals surface area contributed by atoms with E-state index in [-0.39, 0.29) is 24.8 Å². The van der Waals surface area contributed by atoms with E-state index >= 15 is 0 Å². The Morgan fingerprint density at radius 3 is 2.27 bits per heavy atom. The second-order valence-electron chi connectivity index (χ2n) is 10.2. The van der Waals surface area contributed by atoms with Crippen LogP contribution in [0.2, 0.25) is 5.02 Å². The first-order valence-corrected chi connectivity index (χ1v) is 16.0. The summed E-state index contributed by atoms with van der Waals surface area (Å²) in [7, 11) is -3.87. The number of rotatable bonds is 12. The van der Waals surface area contributed by atoms with Crippen molar-refractivity contribution in [3.63, 3.8) is 0 Å². The average Bonchev–Trinajstić information content (AvgIpc) is 2.89. The van der Waals surface area contributed by atoms with Gasteiger partial charge in [0.15, 0.2) is 0 Å². The highest BCUT2D eigenvalue weighted by Gasteiger charge is 2.33. The van der Waals surface area contributed by atoms with Crippen molar-refractivity contribution >= 4 is 55.1 Å². The van der Waals surface area contributed by atoms with Gasteiger partial charge >= 0.3 is 0 Å². The third kappa shape index (κ3) is 9.08. The molecule has 0 aliphatic rings. The van der Waals surface area contributed by atoms with Gasteiger partial charge in [0.1, 0.15) is 12.6 Å². The molecule has 214 valence electrons. The van der Waals surface area contributed by atoms with Crippen LogP contribution < -0.4 is 9.62 Å². The maximum absolute atomic E-state index is 14.1. The minimum Gasteiger partial charge on any atom is -0.354 e. The molecule has 0 heterocycles. The summed E-state index contributed by atoms with van der Waals surface area (Å²) in [5, 5.41) is 3.33. The van der Waals surface area contributed by atoms with E-state index in [1.54, 1.807) is 19.1 Å². The number of benzene rings is 3. The second kappa shape index (κ2) is 14.1. The van der Waals surface area contributed by atoms with Crippen molar-refractivity contribution in [2.45, 2.75) is 39.8 Å². The maximum Gasteiger partial charge on any atom is 0.244 e. The summed E-state index contributed by atoms with van der Waals surface area (Å²) in [5.41, 5.74) is 2.64. The van der Waals surface area contributed by atoms with Crippen molar-refractivity contribution in [3.05, 3.63) is 99.0 Å². The standard InChI is InChI=1S/C30H35BrClN3O4S/c1-21(2)18-33-30(37)28(16-23-9-6-5-7-10-23)34(19-24-11-8-12-25(31)15-24)29(36)20-35(40(4,38)39)27-17-26(32)14-13-22(27)3/h5-15,17,21,28H,16,18-20H2,1-4H3,(H,33,37). The number of nitrogens with zero attached hydrogens (tertiary/aromatic N) is 2. The van der Waals surface area contributed by atoms with Crippen LogP contribution in [0.1, 0.15) is 30.5 Å². The highest BCUT2D eigenvalue weighted by molar-refractivity contribution is 9.10. The summed E-state index contributed by atoms with van der Waals surface area (Å²) in [6.07, 6.45) is 1.32. The molecule has 10 heteroatoms. The molecule has 3 rings (SSSR count). The SMILES string of the molecule is Cc1ccc(Cl)cc1N(CC(=O)N(Cc1cccc(Br)c1)C(Cc1ccccc1)C(=O)NCC(C)C)S(C)(=O)=O.